The Morgan fingerprint density at radius 3 is 2.24 bits per heavy atom. The van der Waals surface area contributed by atoms with Gasteiger partial charge in [0.1, 0.15) is 5.75 Å². The van der Waals surface area contributed by atoms with Gasteiger partial charge in [0.15, 0.2) is 0 Å². The number of halogens is 1. The van der Waals surface area contributed by atoms with E-state index in [4.69, 9.17) is 0 Å². The van der Waals surface area contributed by atoms with Gasteiger partial charge in [-0.1, -0.05) is 47.1 Å². The molecule has 0 aliphatic rings. The van der Waals surface area contributed by atoms with Crippen LogP contribution in [0.5, 0.6) is 5.75 Å². The predicted octanol–water partition coefficient (Wildman–Crippen LogP) is 4.83. The summed E-state index contributed by atoms with van der Waals surface area (Å²) < 4.78 is 1.11. The highest BCUT2D eigenvalue weighted by molar-refractivity contribution is 9.10. The molecule has 0 heterocycles. The minimum Gasteiger partial charge on any atom is -0.508 e. The molecule has 2 aromatic carbocycles. The van der Waals surface area contributed by atoms with Crippen molar-refractivity contribution in [2.45, 2.75) is 38.8 Å². The highest BCUT2D eigenvalue weighted by Gasteiger charge is 2.12. The van der Waals surface area contributed by atoms with E-state index in [0.717, 1.165) is 17.3 Å². The first kappa shape index (κ1) is 16.1. The van der Waals surface area contributed by atoms with E-state index in [0.29, 0.717) is 17.8 Å². The molecule has 112 valence electrons. The molecule has 3 heteroatoms. The lowest BCUT2D eigenvalue weighted by Gasteiger charge is -2.23. The summed E-state index contributed by atoms with van der Waals surface area (Å²) in [6, 6.07) is 16.7. The molecule has 0 aliphatic heterocycles. The molecule has 2 rings (SSSR count). The number of aromatic hydroxyl groups is 1. The predicted molar refractivity (Wildman–Crippen MR) is 91.6 cm³/mol. The summed E-state index contributed by atoms with van der Waals surface area (Å²) in [5.74, 6) is 0.320. The first-order chi connectivity index (χ1) is 10.1. The Labute approximate surface area is 135 Å². The molecule has 0 saturated carbocycles. The van der Waals surface area contributed by atoms with E-state index in [1.54, 1.807) is 12.1 Å². The Morgan fingerprint density at radius 1 is 1.05 bits per heavy atom. The first-order valence-corrected chi connectivity index (χ1v) is 8.17. The lowest BCUT2D eigenvalue weighted by molar-refractivity contribution is 0.443. The summed E-state index contributed by atoms with van der Waals surface area (Å²) in [5.41, 5.74) is 2.55. The first-order valence-electron chi connectivity index (χ1n) is 7.38. The van der Waals surface area contributed by atoms with Crippen molar-refractivity contribution in [1.82, 2.24) is 5.32 Å². The van der Waals surface area contributed by atoms with E-state index in [1.807, 2.05) is 12.1 Å². The van der Waals surface area contributed by atoms with Crippen LogP contribution in [0.4, 0.5) is 0 Å². The second-order valence-electron chi connectivity index (χ2n) is 5.45. The Morgan fingerprint density at radius 2 is 1.67 bits per heavy atom. The van der Waals surface area contributed by atoms with Gasteiger partial charge in [-0.2, -0.15) is 0 Å². The maximum absolute atomic E-state index is 9.33. The molecule has 0 spiro atoms. The zero-order valence-corrected chi connectivity index (χ0v) is 14.1. The van der Waals surface area contributed by atoms with Crippen LogP contribution in [0.25, 0.3) is 0 Å². The molecule has 2 unspecified atom stereocenters. The third-order valence-corrected chi connectivity index (χ3v) is 4.17. The third kappa shape index (κ3) is 4.87. The molecular weight excluding hydrogens is 326 g/mol. The van der Waals surface area contributed by atoms with Crippen LogP contribution in [0.15, 0.2) is 53.0 Å². The van der Waals surface area contributed by atoms with Gasteiger partial charge in [-0.15, -0.1) is 0 Å². The molecule has 0 saturated heterocycles. The molecule has 2 aromatic rings. The molecule has 0 aromatic heterocycles. The van der Waals surface area contributed by atoms with Gasteiger partial charge in [0.2, 0.25) is 0 Å². The van der Waals surface area contributed by atoms with Crippen LogP contribution in [0, 0.1) is 0 Å². The minimum atomic E-state index is 0.320. The van der Waals surface area contributed by atoms with Crippen LogP contribution in [0.1, 0.15) is 37.4 Å². The molecule has 2 atom stereocenters. The van der Waals surface area contributed by atoms with Gasteiger partial charge < -0.3 is 10.4 Å². The zero-order chi connectivity index (χ0) is 15.2. The van der Waals surface area contributed by atoms with E-state index in [2.05, 4.69) is 59.4 Å². The highest BCUT2D eigenvalue weighted by Crippen LogP contribution is 2.21. The maximum atomic E-state index is 9.33. The molecule has 2 N–H and O–H groups in total. The number of phenols is 1. The molecule has 2 nitrogen and oxygen atoms in total. The largest absolute Gasteiger partial charge is 0.508 e. The van der Waals surface area contributed by atoms with Crippen molar-refractivity contribution in [3.05, 3.63) is 64.1 Å². The maximum Gasteiger partial charge on any atom is 0.115 e. The van der Waals surface area contributed by atoms with Gasteiger partial charge in [-0.05, 0) is 55.2 Å². The van der Waals surface area contributed by atoms with E-state index < -0.39 is 0 Å². The number of nitrogens with one attached hydrogen (secondary N) is 1. The van der Waals surface area contributed by atoms with Crippen molar-refractivity contribution in [3.8, 4) is 5.75 Å². The Kier molecular flexibility index (Phi) is 5.83. The van der Waals surface area contributed by atoms with Gasteiger partial charge in [0, 0.05) is 16.6 Å². The molecule has 0 fully saturated rings. The van der Waals surface area contributed by atoms with Crippen molar-refractivity contribution in [1.29, 1.82) is 0 Å². The minimum absolute atomic E-state index is 0.320. The van der Waals surface area contributed by atoms with Crippen LogP contribution in [-0.2, 0) is 6.42 Å². The Hall–Kier alpha value is -1.32. The molecule has 0 bridgehead atoms. The van der Waals surface area contributed by atoms with Crippen molar-refractivity contribution in [3.63, 3.8) is 0 Å². The van der Waals surface area contributed by atoms with Crippen molar-refractivity contribution in [2.75, 3.05) is 0 Å². The number of benzene rings is 2. The number of rotatable bonds is 6. The van der Waals surface area contributed by atoms with Gasteiger partial charge in [0.05, 0.1) is 0 Å². The van der Waals surface area contributed by atoms with Gasteiger partial charge in [-0.25, -0.2) is 0 Å². The van der Waals surface area contributed by atoms with Crippen LogP contribution in [0.2, 0.25) is 0 Å². The summed E-state index contributed by atoms with van der Waals surface area (Å²) in [7, 11) is 0. The van der Waals surface area contributed by atoms with E-state index in [1.165, 1.54) is 11.1 Å². The average Bonchev–Trinajstić information content (AvgIpc) is 2.48. The van der Waals surface area contributed by atoms with Crippen LogP contribution in [-0.4, -0.2) is 11.1 Å². The summed E-state index contributed by atoms with van der Waals surface area (Å²) in [4.78, 5) is 0. The Bertz CT molecular complexity index is 550. The molecule has 0 radical (unpaired) electrons. The number of phenolic OH excluding ortho intramolecular Hbond substituents is 1. The van der Waals surface area contributed by atoms with Crippen LogP contribution >= 0.6 is 15.9 Å². The van der Waals surface area contributed by atoms with Crippen molar-refractivity contribution in [2.24, 2.45) is 0 Å². The van der Waals surface area contributed by atoms with Gasteiger partial charge in [0.25, 0.3) is 0 Å². The normalized spacial score (nSPS) is 13.9. The number of hydrogen-bond donors (Lipinski definition) is 2. The summed E-state index contributed by atoms with van der Waals surface area (Å²) >= 11 is 3.48. The van der Waals surface area contributed by atoms with Gasteiger partial charge in [-0.3, -0.25) is 0 Å². The van der Waals surface area contributed by atoms with Crippen molar-refractivity contribution < 1.29 is 5.11 Å². The third-order valence-electron chi connectivity index (χ3n) is 3.64. The quantitative estimate of drug-likeness (QED) is 0.784. The van der Waals surface area contributed by atoms with Crippen molar-refractivity contribution >= 4 is 15.9 Å². The average molecular weight is 348 g/mol. The van der Waals surface area contributed by atoms with E-state index in [-0.39, 0.29) is 0 Å². The SMILES string of the molecule is CCC(NC(C)Cc1ccc(O)cc1)c1ccc(Br)cc1. The summed E-state index contributed by atoms with van der Waals surface area (Å²) in [6.07, 6.45) is 2.01. The second-order valence-corrected chi connectivity index (χ2v) is 6.37. The summed E-state index contributed by atoms with van der Waals surface area (Å²) in [5, 5.41) is 13.0. The fourth-order valence-corrected chi connectivity index (χ4v) is 2.80. The molecule has 0 aliphatic carbocycles. The van der Waals surface area contributed by atoms with Gasteiger partial charge >= 0.3 is 0 Å². The monoisotopic (exact) mass is 347 g/mol. The summed E-state index contributed by atoms with van der Waals surface area (Å²) in [6.45, 7) is 4.40. The smallest absolute Gasteiger partial charge is 0.115 e. The highest BCUT2D eigenvalue weighted by atomic mass is 79.9. The molecule has 21 heavy (non-hydrogen) atoms. The molecule has 0 amide bonds. The van der Waals surface area contributed by atoms with E-state index in [9.17, 15) is 5.11 Å². The van der Waals surface area contributed by atoms with E-state index >= 15 is 0 Å². The lowest BCUT2D eigenvalue weighted by Crippen LogP contribution is -2.31. The zero-order valence-electron chi connectivity index (χ0n) is 12.5. The second kappa shape index (κ2) is 7.62. The lowest BCUT2D eigenvalue weighted by atomic mass is 10.0. The molecular formula is C18H22BrNO. The standard InChI is InChI=1S/C18H22BrNO/c1-3-18(15-6-8-16(19)9-7-15)20-13(2)12-14-4-10-17(21)11-5-14/h4-11,13,18,20-21H,3,12H2,1-2H3. The van der Waals surface area contributed by atoms with Crippen LogP contribution in [0.3, 0.4) is 0 Å². The Balaban J connectivity index is 1.97. The number of hydrogen-bond acceptors (Lipinski definition) is 2. The fourth-order valence-electron chi connectivity index (χ4n) is 2.53. The van der Waals surface area contributed by atoms with Crippen LogP contribution < -0.4 is 5.32 Å². The fraction of sp³-hybridized carbons (Fsp3) is 0.333. The topological polar surface area (TPSA) is 32.3 Å².